The first-order chi connectivity index (χ1) is 12.3. The van der Waals surface area contributed by atoms with Crippen molar-refractivity contribution in [1.82, 2.24) is 19.7 Å². The molecule has 1 aromatic heterocycles. The summed E-state index contributed by atoms with van der Waals surface area (Å²) in [4.78, 5) is 32.3. The van der Waals surface area contributed by atoms with Gasteiger partial charge in [0, 0.05) is 26.2 Å². The minimum absolute atomic E-state index is 0.0128. The topological polar surface area (TPSA) is 59.7 Å². The van der Waals surface area contributed by atoms with Crippen LogP contribution in [0.3, 0.4) is 0 Å². The van der Waals surface area contributed by atoms with E-state index in [1.165, 1.54) is 11.0 Å². The molecule has 0 aliphatic carbocycles. The number of hydrogen-bond donors (Lipinski definition) is 1. The van der Waals surface area contributed by atoms with Gasteiger partial charge in [-0.15, -0.1) is 0 Å². The molecule has 9 heteroatoms. The van der Waals surface area contributed by atoms with E-state index in [4.69, 9.17) is 11.6 Å². The van der Waals surface area contributed by atoms with Gasteiger partial charge in [0.15, 0.2) is 5.82 Å². The quantitative estimate of drug-likeness (QED) is 0.880. The fraction of sp³-hybridized carbons (Fsp3) is 0.412. The van der Waals surface area contributed by atoms with Crippen LogP contribution in [0, 0.1) is 11.6 Å². The summed E-state index contributed by atoms with van der Waals surface area (Å²) in [6.07, 6.45) is 0. The van der Waals surface area contributed by atoms with Crippen molar-refractivity contribution in [1.29, 1.82) is 0 Å². The molecule has 0 saturated carbocycles. The van der Waals surface area contributed by atoms with Gasteiger partial charge in [-0.1, -0.05) is 11.6 Å². The first-order valence-electron chi connectivity index (χ1n) is 8.16. The average Bonchev–Trinajstić information content (AvgIpc) is 2.94. The van der Waals surface area contributed by atoms with Gasteiger partial charge in [0.05, 0.1) is 22.5 Å². The van der Waals surface area contributed by atoms with Crippen LogP contribution in [0.4, 0.5) is 8.78 Å². The van der Waals surface area contributed by atoms with Crippen molar-refractivity contribution in [3.05, 3.63) is 34.5 Å². The van der Waals surface area contributed by atoms with Crippen molar-refractivity contribution in [2.24, 2.45) is 0 Å². The highest BCUT2D eigenvalue weighted by Crippen LogP contribution is 2.31. The van der Waals surface area contributed by atoms with E-state index in [0.29, 0.717) is 32.7 Å². The molecule has 140 valence electrons. The lowest BCUT2D eigenvalue weighted by molar-refractivity contribution is -0.133. The van der Waals surface area contributed by atoms with Gasteiger partial charge in [0.1, 0.15) is 11.5 Å². The van der Waals surface area contributed by atoms with Gasteiger partial charge in [0.25, 0.3) is 5.91 Å². The summed E-state index contributed by atoms with van der Waals surface area (Å²) in [5.41, 5.74) is 0.0117. The van der Waals surface area contributed by atoms with E-state index in [9.17, 15) is 18.4 Å². The predicted octanol–water partition coefficient (Wildman–Crippen LogP) is 1.95. The number of likely N-dealkylation sites (N-methyl/N-ethyl adjacent to an activating group) is 1. The van der Waals surface area contributed by atoms with Gasteiger partial charge in [-0.25, -0.2) is 8.78 Å². The number of nitrogens with zero attached hydrogens (tertiary/aromatic N) is 3. The van der Waals surface area contributed by atoms with Crippen LogP contribution in [-0.2, 0) is 4.79 Å². The Hall–Kier alpha value is -2.19. The normalized spacial score (nSPS) is 15.2. The third kappa shape index (κ3) is 3.39. The summed E-state index contributed by atoms with van der Waals surface area (Å²) < 4.78 is 28.2. The molecule has 2 heterocycles. The SMILES string of the molecule is CN(C)CC(=O)N1CCN(C(=O)c2[nH]c3ccc(F)c(Cl)c3c2F)CC1. The van der Waals surface area contributed by atoms with E-state index in [1.807, 2.05) is 14.1 Å². The summed E-state index contributed by atoms with van der Waals surface area (Å²) in [7, 11) is 3.62. The van der Waals surface area contributed by atoms with Crippen LogP contribution < -0.4 is 0 Å². The second kappa shape index (κ2) is 7.20. The molecule has 2 amide bonds. The molecule has 0 radical (unpaired) electrons. The van der Waals surface area contributed by atoms with Gasteiger partial charge >= 0.3 is 0 Å². The Morgan fingerprint density at radius 3 is 2.38 bits per heavy atom. The van der Waals surface area contributed by atoms with Crippen LogP contribution in [-0.4, -0.2) is 78.3 Å². The molecule has 1 aromatic carbocycles. The monoisotopic (exact) mass is 384 g/mol. The van der Waals surface area contributed by atoms with Crippen LogP contribution in [0.25, 0.3) is 10.9 Å². The molecule has 3 rings (SSSR count). The molecule has 1 fully saturated rings. The highest BCUT2D eigenvalue weighted by Gasteiger charge is 2.29. The molecule has 0 spiro atoms. The second-order valence-electron chi connectivity index (χ2n) is 6.51. The van der Waals surface area contributed by atoms with Crippen molar-refractivity contribution >= 4 is 34.3 Å². The van der Waals surface area contributed by atoms with Crippen molar-refractivity contribution in [2.75, 3.05) is 46.8 Å². The third-order valence-electron chi connectivity index (χ3n) is 4.38. The van der Waals surface area contributed by atoms with Crippen LogP contribution in [0.1, 0.15) is 10.5 Å². The zero-order valence-electron chi connectivity index (χ0n) is 14.5. The highest BCUT2D eigenvalue weighted by atomic mass is 35.5. The molecule has 2 aromatic rings. The van der Waals surface area contributed by atoms with Crippen molar-refractivity contribution in [3.63, 3.8) is 0 Å². The summed E-state index contributed by atoms with van der Waals surface area (Å²) in [5, 5.41) is -0.482. The van der Waals surface area contributed by atoms with Crippen LogP contribution in [0.2, 0.25) is 5.02 Å². The number of carbonyl (C=O) groups is 2. The summed E-state index contributed by atoms with van der Waals surface area (Å²) in [6, 6.07) is 2.46. The lowest BCUT2D eigenvalue weighted by Gasteiger charge is -2.35. The number of fused-ring (bicyclic) bond motifs is 1. The minimum Gasteiger partial charge on any atom is -0.348 e. The third-order valence-corrected chi connectivity index (χ3v) is 4.75. The lowest BCUT2D eigenvalue weighted by Crippen LogP contribution is -2.52. The van der Waals surface area contributed by atoms with Crippen molar-refractivity contribution in [3.8, 4) is 0 Å². The fourth-order valence-corrected chi connectivity index (χ4v) is 3.27. The van der Waals surface area contributed by atoms with Gasteiger partial charge in [0.2, 0.25) is 5.91 Å². The summed E-state index contributed by atoms with van der Waals surface area (Å²) in [5.74, 6) is -2.15. The van der Waals surface area contributed by atoms with E-state index >= 15 is 0 Å². The average molecular weight is 385 g/mol. The van der Waals surface area contributed by atoms with Crippen molar-refractivity contribution in [2.45, 2.75) is 0 Å². The zero-order chi connectivity index (χ0) is 19.0. The molecular formula is C17H19ClF2N4O2. The zero-order valence-corrected chi connectivity index (χ0v) is 15.2. The van der Waals surface area contributed by atoms with E-state index in [1.54, 1.807) is 9.80 Å². The van der Waals surface area contributed by atoms with Gasteiger partial charge in [-0.2, -0.15) is 0 Å². The van der Waals surface area contributed by atoms with E-state index in [2.05, 4.69) is 4.98 Å². The number of piperazine rings is 1. The van der Waals surface area contributed by atoms with Crippen LogP contribution >= 0.6 is 11.6 Å². The Morgan fingerprint density at radius 2 is 1.77 bits per heavy atom. The Kier molecular flexibility index (Phi) is 5.15. The molecule has 1 N–H and O–H groups in total. The number of H-pyrrole nitrogens is 1. The number of aromatic amines is 1. The van der Waals surface area contributed by atoms with E-state index in [-0.39, 0.29) is 27.5 Å². The first kappa shape index (κ1) is 18.6. The Bertz CT molecular complexity index is 860. The van der Waals surface area contributed by atoms with Gasteiger partial charge in [-0.3, -0.25) is 9.59 Å². The number of carbonyl (C=O) groups excluding carboxylic acids is 2. The Balaban J connectivity index is 1.75. The lowest BCUT2D eigenvalue weighted by atomic mass is 10.2. The Labute approximate surface area is 154 Å². The van der Waals surface area contributed by atoms with Crippen molar-refractivity contribution < 1.29 is 18.4 Å². The molecule has 6 nitrogen and oxygen atoms in total. The fourth-order valence-electron chi connectivity index (χ4n) is 3.02. The molecule has 0 atom stereocenters. The molecule has 26 heavy (non-hydrogen) atoms. The van der Waals surface area contributed by atoms with Gasteiger partial charge in [-0.05, 0) is 26.2 Å². The van der Waals surface area contributed by atoms with E-state index < -0.39 is 17.5 Å². The maximum absolute atomic E-state index is 14.6. The molecular weight excluding hydrogens is 366 g/mol. The molecule has 0 bridgehead atoms. The minimum atomic E-state index is -0.861. The summed E-state index contributed by atoms with van der Waals surface area (Å²) >= 11 is 5.82. The first-order valence-corrected chi connectivity index (χ1v) is 8.54. The molecule has 1 saturated heterocycles. The standard InChI is InChI=1S/C17H19ClF2N4O2/c1-22(2)9-12(25)23-5-7-24(8-6-23)17(26)16-15(20)13-11(21-16)4-3-10(19)14(13)18/h3-4,21H,5-9H2,1-2H3. The number of benzene rings is 1. The van der Waals surface area contributed by atoms with E-state index in [0.717, 1.165) is 6.07 Å². The number of nitrogens with one attached hydrogen (secondary N) is 1. The Morgan fingerprint density at radius 1 is 1.15 bits per heavy atom. The molecule has 1 aliphatic heterocycles. The summed E-state index contributed by atoms with van der Waals surface area (Å²) in [6.45, 7) is 1.67. The second-order valence-corrected chi connectivity index (χ2v) is 6.89. The number of aromatic nitrogens is 1. The smallest absolute Gasteiger partial charge is 0.273 e. The maximum Gasteiger partial charge on any atom is 0.273 e. The largest absolute Gasteiger partial charge is 0.348 e. The maximum atomic E-state index is 14.6. The highest BCUT2D eigenvalue weighted by molar-refractivity contribution is 6.35. The number of rotatable bonds is 3. The number of amides is 2. The molecule has 0 unspecified atom stereocenters. The number of halogens is 3. The van der Waals surface area contributed by atoms with Gasteiger partial charge < -0.3 is 19.7 Å². The molecule has 1 aliphatic rings. The number of hydrogen-bond acceptors (Lipinski definition) is 3. The predicted molar refractivity (Wildman–Crippen MR) is 94.3 cm³/mol. The van der Waals surface area contributed by atoms with Crippen LogP contribution in [0.5, 0.6) is 0 Å². The van der Waals surface area contributed by atoms with Crippen LogP contribution in [0.15, 0.2) is 12.1 Å².